The molecule has 1 aromatic heterocycles. The first-order chi connectivity index (χ1) is 19.6. The topological polar surface area (TPSA) is 93.2 Å². The standard InChI is InChI=1S/C17H12F3NO3S.C12H24B2O4/c1-11-4-6-12(7-5-11)13-8-9-15(16-14(13)3-2-10-21-16)24-25(22,23)17(18,19)20;1-9(2)10(3,4)16-13(15-9)14-17-11(5,6)12(7,8)18-14/h2-10H,1H3;1-8H3. The van der Waals surface area contributed by atoms with Gasteiger partial charge in [0.25, 0.3) is 0 Å². The molecule has 0 bridgehead atoms. The Morgan fingerprint density at radius 3 is 1.65 bits per heavy atom. The second kappa shape index (κ2) is 11.1. The van der Waals surface area contributed by atoms with E-state index in [1.807, 2.05) is 86.6 Å². The molecule has 0 amide bonds. The number of benzene rings is 2. The van der Waals surface area contributed by atoms with E-state index >= 15 is 0 Å². The van der Waals surface area contributed by atoms with Crippen LogP contribution >= 0.6 is 0 Å². The van der Waals surface area contributed by atoms with Gasteiger partial charge in [-0.3, -0.25) is 4.98 Å². The Bertz CT molecular complexity index is 1530. The van der Waals surface area contributed by atoms with Crippen LogP contribution in [0.25, 0.3) is 22.0 Å². The van der Waals surface area contributed by atoms with Gasteiger partial charge in [-0.15, -0.1) is 0 Å². The number of hydrogen-bond acceptors (Lipinski definition) is 8. The van der Waals surface area contributed by atoms with Crippen LogP contribution < -0.4 is 4.18 Å². The number of alkyl halides is 3. The highest BCUT2D eigenvalue weighted by atomic mass is 32.2. The number of pyridine rings is 1. The van der Waals surface area contributed by atoms with Crippen molar-refractivity contribution in [1.29, 1.82) is 0 Å². The van der Waals surface area contributed by atoms with Crippen LogP contribution in [0.3, 0.4) is 0 Å². The summed E-state index contributed by atoms with van der Waals surface area (Å²) >= 11 is 0. The number of nitrogens with zero attached hydrogens (tertiary/aromatic N) is 1. The van der Waals surface area contributed by atoms with Gasteiger partial charge in [0, 0.05) is 11.6 Å². The Morgan fingerprint density at radius 2 is 1.21 bits per heavy atom. The SMILES string of the molecule is CC1(C)OB(B2OC(C)(C)C(C)(C)O2)OC1(C)C.Cc1ccc(-c2ccc(OS(=O)(=O)C(F)(F)F)c3ncccc23)cc1. The second-order valence-electron chi connectivity index (χ2n) is 12.6. The molecule has 232 valence electrons. The Morgan fingerprint density at radius 1 is 0.744 bits per heavy atom. The van der Waals surface area contributed by atoms with Crippen molar-refractivity contribution >= 4 is 35.0 Å². The van der Waals surface area contributed by atoms with Crippen molar-refractivity contribution in [2.45, 2.75) is 90.2 Å². The molecule has 3 aromatic rings. The third-order valence-electron chi connectivity index (χ3n) is 8.34. The van der Waals surface area contributed by atoms with E-state index < -0.39 is 35.4 Å². The molecule has 2 aromatic carbocycles. The van der Waals surface area contributed by atoms with E-state index in [-0.39, 0.29) is 27.9 Å². The summed E-state index contributed by atoms with van der Waals surface area (Å²) in [7, 11) is -6.72. The smallest absolute Gasteiger partial charge is 0.405 e. The van der Waals surface area contributed by atoms with Crippen LogP contribution in [0.2, 0.25) is 0 Å². The van der Waals surface area contributed by atoms with E-state index in [1.165, 1.54) is 18.3 Å². The van der Waals surface area contributed by atoms with Crippen molar-refractivity contribution in [3.63, 3.8) is 0 Å². The molecule has 2 saturated heterocycles. The quantitative estimate of drug-likeness (QED) is 0.181. The lowest BCUT2D eigenvalue weighted by Gasteiger charge is -2.32. The highest BCUT2D eigenvalue weighted by Gasteiger charge is 2.63. The number of halogens is 3. The molecule has 2 aliphatic heterocycles. The predicted molar refractivity (Wildman–Crippen MR) is 160 cm³/mol. The van der Waals surface area contributed by atoms with Crippen molar-refractivity contribution < 1.29 is 44.4 Å². The molecule has 2 aliphatic rings. The zero-order valence-electron chi connectivity index (χ0n) is 25.7. The molecule has 8 nitrogen and oxygen atoms in total. The zero-order chi connectivity index (χ0) is 32.2. The van der Waals surface area contributed by atoms with Gasteiger partial charge in [-0.05, 0) is 91.6 Å². The first kappa shape index (κ1) is 33.3. The van der Waals surface area contributed by atoms with Gasteiger partial charge >= 0.3 is 29.6 Å². The fourth-order valence-electron chi connectivity index (χ4n) is 4.36. The van der Waals surface area contributed by atoms with Gasteiger partial charge in [-0.2, -0.15) is 21.6 Å². The second-order valence-corrected chi connectivity index (χ2v) is 14.1. The van der Waals surface area contributed by atoms with E-state index in [0.29, 0.717) is 10.9 Å². The van der Waals surface area contributed by atoms with E-state index in [4.69, 9.17) is 18.6 Å². The summed E-state index contributed by atoms with van der Waals surface area (Å²) in [4.78, 5) is 3.99. The van der Waals surface area contributed by atoms with Crippen LogP contribution in [-0.2, 0) is 28.7 Å². The lowest BCUT2D eigenvalue weighted by atomic mass is 9.49. The van der Waals surface area contributed by atoms with E-state index in [2.05, 4.69) is 9.17 Å². The van der Waals surface area contributed by atoms with Crippen molar-refractivity contribution in [3.8, 4) is 16.9 Å². The molecule has 0 unspecified atom stereocenters. The number of rotatable bonds is 4. The maximum Gasteiger partial charge on any atom is 0.534 e. The fraction of sp³-hybridized carbons (Fsp3) is 0.483. The van der Waals surface area contributed by atoms with Gasteiger partial charge in [0.15, 0.2) is 5.75 Å². The highest BCUT2D eigenvalue weighted by molar-refractivity contribution is 7.88. The summed E-state index contributed by atoms with van der Waals surface area (Å²) in [6.07, 6.45) is 1.36. The summed E-state index contributed by atoms with van der Waals surface area (Å²) in [6.45, 7) is 18.1. The molecule has 14 heteroatoms. The van der Waals surface area contributed by atoms with Gasteiger partial charge in [-0.25, -0.2) is 0 Å². The summed E-state index contributed by atoms with van der Waals surface area (Å²) < 4.78 is 88.4. The number of aromatic nitrogens is 1. The van der Waals surface area contributed by atoms with Gasteiger partial charge in [0.2, 0.25) is 0 Å². The van der Waals surface area contributed by atoms with Crippen LogP contribution in [0.1, 0.15) is 61.0 Å². The molecule has 2 fully saturated rings. The Labute approximate surface area is 251 Å². The third kappa shape index (κ3) is 6.58. The maximum absolute atomic E-state index is 12.6. The third-order valence-corrected chi connectivity index (χ3v) is 9.31. The normalized spacial score (nSPS) is 20.6. The lowest BCUT2D eigenvalue weighted by molar-refractivity contribution is -0.0499. The van der Waals surface area contributed by atoms with Gasteiger partial charge < -0.3 is 22.8 Å². The maximum atomic E-state index is 12.6. The molecule has 0 atom stereocenters. The Kier molecular flexibility index (Phi) is 8.56. The minimum absolute atomic E-state index is 0.0356. The fourth-order valence-corrected chi connectivity index (χ4v) is 4.83. The number of aryl methyl sites for hydroxylation is 1. The van der Waals surface area contributed by atoms with Crippen molar-refractivity contribution in [2.75, 3.05) is 0 Å². The summed E-state index contributed by atoms with van der Waals surface area (Å²) in [5.74, 6) is -0.469. The molecule has 43 heavy (non-hydrogen) atoms. The largest absolute Gasteiger partial charge is 0.534 e. The van der Waals surface area contributed by atoms with Gasteiger partial charge in [0.1, 0.15) is 5.52 Å². The molecule has 3 heterocycles. The van der Waals surface area contributed by atoms with E-state index in [9.17, 15) is 21.6 Å². The summed E-state index contributed by atoms with van der Waals surface area (Å²) in [6, 6.07) is 13.5. The predicted octanol–water partition coefficient (Wildman–Crippen LogP) is 6.69. The van der Waals surface area contributed by atoms with Crippen molar-refractivity contribution in [3.05, 3.63) is 60.3 Å². The van der Waals surface area contributed by atoms with Crippen LogP contribution in [0.5, 0.6) is 5.75 Å². The first-order valence-corrected chi connectivity index (χ1v) is 15.1. The van der Waals surface area contributed by atoms with Crippen LogP contribution in [0.15, 0.2) is 54.7 Å². The molecule has 0 radical (unpaired) electrons. The highest BCUT2D eigenvalue weighted by Crippen LogP contribution is 2.43. The van der Waals surface area contributed by atoms with Crippen molar-refractivity contribution in [1.82, 2.24) is 4.98 Å². The van der Waals surface area contributed by atoms with Crippen molar-refractivity contribution in [2.24, 2.45) is 0 Å². The van der Waals surface area contributed by atoms with Crippen LogP contribution in [0.4, 0.5) is 13.2 Å². The summed E-state index contributed by atoms with van der Waals surface area (Å²) in [5.41, 5.74) is -4.32. The zero-order valence-corrected chi connectivity index (χ0v) is 26.5. The average molecular weight is 621 g/mol. The molecular weight excluding hydrogens is 585 g/mol. The molecule has 0 N–H and O–H groups in total. The average Bonchev–Trinajstić information content (AvgIpc) is 3.24. The van der Waals surface area contributed by atoms with Gasteiger partial charge in [-0.1, -0.05) is 35.9 Å². The van der Waals surface area contributed by atoms with E-state index in [0.717, 1.165) is 11.1 Å². The molecule has 5 rings (SSSR count). The lowest BCUT2D eigenvalue weighted by Crippen LogP contribution is -2.41. The molecular formula is C29H36B2F3NO7S. The van der Waals surface area contributed by atoms with Crippen LogP contribution in [-0.4, -0.2) is 55.3 Å². The Hall–Kier alpha value is -2.64. The minimum atomic E-state index is -5.77. The molecule has 0 aliphatic carbocycles. The number of fused-ring (bicyclic) bond motifs is 1. The van der Waals surface area contributed by atoms with Gasteiger partial charge in [0.05, 0.1) is 22.4 Å². The monoisotopic (exact) mass is 621 g/mol. The first-order valence-electron chi connectivity index (χ1n) is 13.7. The number of hydrogen-bond donors (Lipinski definition) is 0. The molecule has 0 spiro atoms. The minimum Gasteiger partial charge on any atom is -0.405 e. The van der Waals surface area contributed by atoms with E-state index in [1.54, 1.807) is 12.1 Å². The summed E-state index contributed by atoms with van der Waals surface area (Å²) in [5, 5.41) is 0.487. The van der Waals surface area contributed by atoms with Crippen LogP contribution in [0, 0.1) is 6.92 Å². The molecule has 0 saturated carbocycles. The Balaban J connectivity index is 0.000000208.